The molecule has 1 heterocycles. The Balaban J connectivity index is 1.53. The van der Waals surface area contributed by atoms with Crippen molar-refractivity contribution in [3.8, 4) is 5.75 Å². The van der Waals surface area contributed by atoms with Crippen LogP contribution in [-0.2, 0) is 11.2 Å². The van der Waals surface area contributed by atoms with Gasteiger partial charge in [-0.3, -0.25) is 4.79 Å². The fraction of sp³-hybridized carbons (Fsp3) is 0.562. The van der Waals surface area contributed by atoms with Gasteiger partial charge < -0.3 is 15.2 Å². The lowest BCUT2D eigenvalue weighted by Gasteiger charge is -2.27. The largest absolute Gasteiger partial charge is 0.480 e. The molecule has 3 rings (SSSR count). The summed E-state index contributed by atoms with van der Waals surface area (Å²) in [4.78, 5) is 12.2. The molecule has 1 aliphatic heterocycles. The highest BCUT2D eigenvalue weighted by atomic mass is 35.5. The summed E-state index contributed by atoms with van der Waals surface area (Å²) in [6.07, 6.45) is 3.79. The third-order valence-electron chi connectivity index (χ3n) is 4.40. The fourth-order valence-corrected chi connectivity index (χ4v) is 3.33. The first-order chi connectivity index (χ1) is 10.1. The molecule has 114 valence electrons. The van der Waals surface area contributed by atoms with Crippen molar-refractivity contribution in [3.05, 3.63) is 28.8 Å². The number of ether oxygens (including phenoxy) is 1. The van der Waals surface area contributed by atoms with E-state index >= 15 is 0 Å². The minimum absolute atomic E-state index is 0.111. The van der Waals surface area contributed by atoms with Crippen molar-refractivity contribution in [2.24, 2.45) is 5.92 Å². The van der Waals surface area contributed by atoms with Crippen LogP contribution in [0.3, 0.4) is 0 Å². The topological polar surface area (TPSA) is 58.6 Å². The number of hydrogen-bond donors (Lipinski definition) is 2. The van der Waals surface area contributed by atoms with Gasteiger partial charge in [0.05, 0.1) is 6.10 Å². The van der Waals surface area contributed by atoms with Gasteiger partial charge in [-0.2, -0.15) is 0 Å². The Morgan fingerprint density at radius 1 is 1.38 bits per heavy atom. The maximum absolute atomic E-state index is 12.2. The Kier molecular flexibility index (Phi) is 4.36. The molecule has 0 bridgehead atoms. The Hall–Kier alpha value is -1.26. The zero-order chi connectivity index (χ0) is 14.8. The quantitative estimate of drug-likeness (QED) is 0.901. The van der Waals surface area contributed by atoms with E-state index in [0.29, 0.717) is 18.0 Å². The van der Waals surface area contributed by atoms with Crippen LogP contribution in [-0.4, -0.2) is 29.8 Å². The second kappa shape index (κ2) is 6.24. The monoisotopic (exact) mass is 309 g/mol. The standard InChI is InChI=1S/C16H20ClNO3/c17-12-5-6-14-11(7-12)8-15(21-14)16(20)18-9-10-3-1-2-4-13(10)19/h5-7,10,13,15,19H,1-4,8-9H2,(H,18,20). The van der Waals surface area contributed by atoms with Crippen LogP contribution < -0.4 is 10.1 Å². The summed E-state index contributed by atoms with van der Waals surface area (Å²) < 4.78 is 5.66. The summed E-state index contributed by atoms with van der Waals surface area (Å²) >= 11 is 5.95. The molecule has 0 saturated heterocycles. The average molecular weight is 310 g/mol. The lowest BCUT2D eigenvalue weighted by atomic mass is 9.86. The van der Waals surface area contributed by atoms with E-state index in [9.17, 15) is 9.90 Å². The highest BCUT2D eigenvalue weighted by Gasteiger charge is 2.30. The van der Waals surface area contributed by atoms with Gasteiger partial charge in [-0.05, 0) is 36.6 Å². The molecule has 2 aliphatic rings. The van der Waals surface area contributed by atoms with Crippen molar-refractivity contribution in [1.82, 2.24) is 5.32 Å². The lowest BCUT2D eigenvalue weighted by molar-refractivity contribution is -0.127. The van der Waals surface area contributed by atoms with E-state index in [1.165, 1.54) is 0 Å². The van der Waals surface area contributed by atoms with Crippen LogP contribution in [0.2, 0.25) is 5.02 Å². The average Bonchev–Trinajstić information content (AvgIpc) is 2.89. The number of carbonyl (C=O) groups excluding carboxylic acids is 1. The molecule has 1 aromatic carbocycles. The number of fused-ring (bicyclic) bond motifs is 1. The molecule has 5 heteroatoms. The summed E-state index contributed by atoms with van der Waals surface area (Å²) in [5.74, 6) is 0.790. The molecule has 1 aromatic rings. The number of rotatable bonds is 3. The van der Waals surface area contributed by atoms with Gasteiger partial charge in [0.1, 0.15) is 5.75 Å². The Morgan fingerprint density at radius 2 is 2.19 bits per heavy atom. The van der Waals surface area contributed by atoms with Crippen molar-refractivity contribution in [2.45, 2.75) is 44.3 Å². The number of hydrogen-bond acceptors (Lipinski definition) is 3. The smallest absolute Gasteiger partial charge is 0.261 e. The van der Waals surface area contributed by atoms with E-state index in [-0.39, 0.29) is 17.9 Å². The predicted molar refractivity (Wildman–Crippen MR) is 80.5 cm³/mol. The summed E-state index contributed by atoms with van der Waals surface area (Å²) in [6.45, 7) is 0.525. The predicted octanol–water partition coefficient (Wildman–Crippen LogP) is 2.31. The van der Waals surface area contributed by atoms with Crippen LogP contribution in [0.5, 0.6) is 5.75 Å². The van der Waals surface area contributed by atoms with Gasteiger partial charge in [-0.1, -0.05) is 24.4 Å². The third kappa shape index (κ3) is 3.33. The van der Waals surface area contributed by atoms with Gasteiger partial charge in [-0.25, -0.2) is 0 Å². The zero-order valence-corrected chi connectivity index (χ0v) is 12.6. The second-order valence-corrected chi connectivity index (χ2v) is 6.36. The van der Waals surface area contributed by atoms with Gasteiger partial charge in [-0.15, -0.1) is 0 Å². The number of amides is 1. The Bertz CT molecular complexity index is 534. The molecule has 3 unspecified atom stereocenters. The molecule has 1 fully saturated rings. The van der Waals surface area contributed by atoms with E-state index in [1.54, 1.807) is 12.1 Å². The van der Waals surface area contributed by atoms with Crippen molar-refractivity contribution in [1.29, 1.82) is 0 Å². The van der Waals surface area contributed by atoms with Crippen LogP contribution in [0.15, 0.2) is 18.2 Å². The van der Waals surface area contributed by atoms with Crippen LogP contribution in [0.25, 0.3) is 0 Å². The molecule has 0 radical (unpaired) electrons. The number of halogens is 1. The molecule has 2 N–H and O–H groups in total. The van der Waals surface area contributed by atoms with Crippen molar-refractivity contribution < 1.29 is 14.6 Å². The number of aliphatic hydroxyl groups is 1. The number of nitrogens with one attached hydrogen (secondary N) is 1. The first kappa shape index (κ1) is 14.7. The Morgan fingerprint density at radius 3 is 3.00 bits per heavy atom. The second-order valence-electron chi connectivity index (χ2n) is 5.92. The van der Waals surface area contributed by atoms with E-state index in [0.717, 1.165) is 37.0 Å². The van der Waals surface area contributed by atoms with Crippen LogP contribution >= 0.6 is 11.6 Å². The maximum atomic E-state index is 12.2. The van der Waals surface area contributed by atoms with E-state index in [2.05, 4.69) is 5.32 Å². The highest BCUT2D eigenvalue weighted by molar-refractivity contribution is 6.30. The van der Waals surface area contributed by atoms with Crippen LogP contribution in [0.1, 0.15) is 31.2 Å². The zero-order valence-electron chi connectivity index (χ0n) is 11.8. The van der Waals surface area contributed by atoms with Gasteiger partial charge in [0.2, 0.25) is 0 Å². The molecular formula is C16H20ClNO3. The van der Waals surface area contributed by atoms with Crippen LogP contribution in [0.4, 0.5) is 0 Å². The molecule has 1 amide bonds. The van der Waals surface area contributed by atoms with Crippen molar-refractivity contribution >= 4 is 17.5 Å². The summed E-state index contributed by atoms with van der Waals surface area (Å²) in [7, 11) is 0. The third-order valence-corrected chi connectivity index (χ3v) is 4.63. The van der Waals surface area contributed by atoms with Gasteiger partial charge >= 0.3 is 0 Å². The summed E-state index contributed by atoms with van der Waals surface area (Å²) in [6, 6.07) is 5.41. The molecule has 0 spiro atoms. The van der Waals surface area contributed by atoms with E-state index < -0.39 is 6.10 Å². The number of aliphatic hydroxyl groups excluding tert-OH is 1. The van der Waals surface area contributed by atoms with Gasteiger partial charge in [0.25, 0.3) is 5.91 Å². The molecule has 1 aliphatic carbocycles. The molecular weight excluding hydrogens is 290 g/mol. The lowest BCUT2D eigenvalue weighted by Crippen LogP contribution is -2.42. The molecule has 3 atom stereocenters. The molecule has 1 saturated carbocycles. The van der Waals surface area contributed by atoms with Gasteiger partial charge in [0, 0.05) is 23.9 Å². The van der Waals surface area contributed by atoms with Crippen molar-refractivity contribution in [3.63, 3.8) is 0 Å². The minimum atomic E-state index is -0.487. The van der Waals surface area contributed by atoms with Crippen LogP contribution in [0, 0.1) is 5.92 Å². The molecule has 21 heavy (non-hydrogen) atoms. The first-order valence-electron chi connectivity index (χ1n) is 7.54. The Labute approximate surface area is 129 Å². The highest BCUT2D eigenvalue weighted by Crippen LogP contribution is 2.31. The number of benzene rings is 1. The maximum Gasteiger partial charge on any atom is 0.261 e. The first-order valence-corrected chi connectivity index (χ1v) is 7.92. The SMILES string of the molecule is O=C(NCC1CCCCC1O)C1Cc2cc(Cl)ccc2O1. The summed E-state index contributed by atoms with van der Waals surface area (Å²) in [5.41, 5.74) is 0.973. The van der Waals surface area contributed by atoms with Gasteiger partial charge in [0.15, 0.2) is 6.10 Å². The molecule has 0 aromatic heterocycles. The molecule has 4 nitrogen and oxygen atoms in total. The van der Waals surface area contributed by atoms with E-state index in [4.69, 9.17) is 16.3 Å². The fourth-order valence-electron chi connectivity index (χ4n) is 3.14. The van der Waals surface area contributed by atoms with E-state index in [1.807, 2.05) is 6.07 Å². The number of carbonyl (C=O) groups is 1. The normalized spacial score (nSPS) is 27.8. The minimum Gasteiger partial charge on any atom is -0.480 e. The summed E-state index contributed by atoms with van der Waals surface area (Å²) in [5, 5.41) is 13.5. The van der Waals surface area contributed by atoms with Crippen molar-refractivity contribution in [2.75, 3.05) is 6.54 Å².